The second kappa shape index (κ2) is 16.4. The molecule has 8 heteroatoms. The summed E-state index contributed by atoms with van der Waals surface area (Å²) >= 11 is 0. The lowest BCUT2D eigenvalue weighted by molar-refractivity contribution is 0.0592. The van der Waals surface area contributed by atoms with Crippen molar-refractivity contribution in [2.75, 3.05) is 28.4 Å². The van der Waals surface area contributed by atoms with Gasteiger partial charge in [-0.25, -0.2) is 19.2 Å². The normalized spacial score (nSPS) is 20.1. The van der Waals surface area contributed by atoms with Gasteiger partial charge in [0.05, 0.1) is 50.7 Å². The van der Waals surface area contributed by atoms with Crippen molar-refractivity contribution in [1.82, 2.24) is 0 Å². The largest absolute Gasteiger partial charge is 0.465 e. The zero-order valence-corrected chi connectivity index (χ0v) is 39.8. The molecule has 2 unspecified atom stereocenters. The number of hydrogen-bond acceptors (Lipinski definition) is 8. The van der Waals surface area contributed by atoms with Gasteiger partial charge in [0, 0.05) is 10.8 Å². The molecular formula is C58H56O8. The molecule has 0 heterocycles. The Labute approximate surface area is 387 Å². The SMILES string of the molecule is COC(=O)c1ccc(C2=C(c3ccc(C(=O)OC)cc3)C3=CC(C(C)(C)C)=CC4=C(c5ccc(C(=O)OC)cc5)C(c5ccc(C(=O)OC)cc5)=C5C=C(C(C)(C)C)C=C2C5(C)C34C)cc1. The fourth-order valence-corrected chi connectivity index (χ4v) is 10.1. The first kappa shape index (κ1) is 45.5. The molecule has 0 amide bonds. The number of hydrogen-bond donors (Lipinski definition) is 0. The fourth-order valence-electron chi connectivity index (χ4n) is 10.1. The highest BCUT2D eigenvalue weighted by Gasteiger charge is 2.62. The Morgan fingerprint density at radius 1 is 0.364 bits per heavy atom. The molecule has 0 saturated heterocycles. The van der Waals surface area contributed by atoms with Crippen LogP contribution < -0.4 is 0 Å². The van der Waals surface area contributed by atoms with Crippen molar-refractivity contribution < 1.29 is 38.1 Å². The van der Waals surface area contributed by atoms with Crippen molar-refractivity contribution in [2.24, 2.45) is 21.7 Å². The third kappa shape index (κ3) is 7.14. The third-order valence-corrected chi connectivity index (χ3v) is 14.0. The molecule has 0 radical (unpaired) electrons. The van der Waals surface area contributed by atoms with E-state index in [1.807, 2.05) is 97.1 Å². The van der Waals surface area contributed by atoms with Crippen molar-refractivity contribution in [3.05, 3.63) is 199 Å². The molecule has 0 aliphatic heterocycles. The summed E-state index contributed by atoms with van der Waals surface area (Å²) in [5, 5.41) is 0. The number of allylic oxidation sites excluding steroid dienone is 14. The summed E-state index contributed by atoms with van der Waals surface area (Å²) in [5.41, 5.74) is 13.8. The van der Waals surface area contributed by atoms with E-state index in [2.05, 4.69) is 79.7 Å². The van der Waals surface area contributed by atoms with Crippen molar-refractivity contribution in [3.8, 4) is 0 Å². The molecule has 0 bridgehead atoms. The Hall–Kier alpha value is -7.06. The van der Waals surface area contributed by atoms with E-state index in [4.69, 9.17) is 18.9 Å². The summed E-state index contributed by atoms with van der Waals surface area (Å²) in [7, 11) is 5.52. The van der Waals surface area contributed by atoms with Gasteiger partial charge >= 0.3 is 23.9 Å². The van der Waals surface area contributed by atoms with E-state index in [9.17, 15) is 19.2 Å². The Kier molecular flexibility index (Phi) is 11.3. The van der Waals surface area contributed by atoms with Crippen LogP contribution >= 0.6 is 0 Å². The molecule has 336 valence electrons. The molecule has 0 fully saturated rings. The lowest BCUT2D eigenvalue weighted by atomic mass is 9.40. The van der Waals surface area contributed by atoms with Crippen LogP contribution in [-0.2, 0) is 18.9 Å². The molecule has 66 heavy (non-hydrogen) atoms. The van der Waals surface area contributed by atoms with E-state index in [-0.39, 0.29) is 10.8 Å². The van der Waals surface area contributed by atoms with Gasteiger partial charge in [-0.05, 0) is 137 Å². The number of ether oxygens (including phenoxy) is 4. The van der Waals surface area contributed by atoms with Gasteiger partial charge < -0.3 is 18.9 Å². The van der Waals surface area contributed by atoms with Crippen molar-refractivity contribution in [2.45, 2.75) is 55.4 Å². The van der Waals surface area contributed by atoms with E-state index in [0.717, 1.165) is 78.0 Å². The van der Waals surface area contributed by atoms with Crippen LogP contribution in [0.1, 0.15) is 119 Å². The Bertz CT molecular complexity index is 2750. The van der Waals surface area contributed by atoms with Crippen LogP contribution in [0.25, 0.3) is 22.3 Å². The van der Waals surface area contributed by atoms with Crippen molar-refractivity contribution in [3.63, 3.8) is 0 Å². The zero-order valence-electron chi connectivity index (χ0n) is 39.8. The third-order valence-electron chi connectivity index (χ3n) is 14.0. The maximum atomic E-state index is 12.9. The number of methoxy groups -OCH3 is 4. The molecule has 4 aromatic rings. The van der Waals surface area contributed by atoms with Crippen LogP contribution in [-0.4, -0.2) is 52.3 Å². The smallest absolute Gasteiger partial charge is 0.337 e. The van der Waals surface area contributed by atoms with E-state index in [1.54, 1.807) is 0 Å². The van der Waals surface area contributed by atoms with Gasteiger partial charge in [-0.3, -0.25) is 0 Å². The second-order valence-electron chi connectivity index (χ2n) is 19.7. The molecule has 4 aliphatic rings. The second-order valence-corrected chi connectivity index (χ2v) is 19.7. The number of benzene rings is 4. The molecule has 0 aromatic heterocycles. The number of esters is 4. The molecule has 8 nitrogen and oxygen atoms in total. The molecule has 0 spiro atoms. The van der Waals surface area contributed by atoms with Gasteiger partial charge in [0.1, 0.15) is 0 Å². The van der Waals surface area contributed by atoms with Crippen LogP contribution in [0.4, 0.5) is 0 Å². The standard InChI is InChI=1S/C58H56O8/c1-55(2,3)41-29-43-47(33-13-21-37(22-14-33)51(59)63-9)49(35-17-25-39(26-18-35)53(61)65-11)45-31-42(56(4,5)6)32-46-50(36-19-27-40(28-20-36)54(62)66-12)48(44(30-41)57(43,7)58(45,46)8)34-15-23-38(24-16-34)52(60)64-10/h13-32H,1-12H3. The van der Waals surface area contributed by atoms with Crippen LogP contribution in [0, 0.1) is 21.7 Å². The van der Waals surface area contributed by atoms with Gasteiger partial charge in [-0.1, -0.05) is 128 Å². The zero-order chi connectivity index (χ0) is 47.7. The average Bonchev–Trinajstić information content (AvgIpc) is 3.31. The molecule has 0 saturated carbocycles. The Morgan fingerprint density at radius 2 is 0.591 bits per heavy atom. The lowest BCUT2D eigenvalue weighted by Gasteiger charge is -2.61. The van der Waals surface area contributed by atoms with Crippen molar-refractivity contribution >= 4 is 46.2 Å². The predicted octanol–water partition coefficient (Wildman–Crippen LogP) is 12.5. The van der Waals surface area contributed by atoms with Crippen LogP contribution in [0.5, 0.6) is 0 Å². The number of rotatable bonds is 8. The highest BCUT2D eigenvalue weighted by atomic mass is 16.5. The first-order valence-corrected chi connectivity index (χ1v) is 22.1. The Balaban J connectivity index is 1.61. The summed E-state index contributed by atoms with van der Waals surface area (Å²) < 4.78 is 20.5. The van der Waals surface area contributed by atoms with Gasteiger partial charge in [0.2, 0.25) is 0 Å². The summed E-state index contributed by atoms with van der Waals surface area (Å²) in [6.07, 6.45) is 9.47. The van der Waals surface area contributed by atoms with E-state index < -0.39 is 34.7 Å². The van der Waals surface area contributed by atoms with Crippen LogP contribution in [0.15, 0.2) is 155 Å². The Morgan fingerprint density at radius 3 is 0.803 bits per heavy atom. The average molecular weight is 881 g/mol. The van der Waals surface area contributed by atoms with Crippen molar-refractivity contribution in [1.29, 1.82) is 0 Å². The fraction of sp³-hybridized carbons (Fsp3) is 0.276. The monoisotopic (exact) mass is 880 g/mol. The van der Waals surface area contributed by atoms with Crippen LogP contribution in [0.3, 0.4) is 0 Å². The minimum atomic E-state index is -0.750. The van der Waals surface area contributed by atoms with Crippen LogP contribution in [0.2, 0.25) is 0 Å². The van der Waals surface area contributed by atoms with Gasteiger partial charge in [0.25, 0.3) is 0 Å². The maximum absolute atomic E-state index is 12.9. The van der Waals surface area contributed by atoms with Gasteiger partial charge in [-0.2, -0.15) is 0 Å². The van der Waals surface area contributed by atoms with E-state index >= 15 is 0 Å². The topological polar surface area (TPSA) is 105 Å². The quantitative estimate of drug-likeness (QED) is 0.127. The summed E-state index contributed by atoms with van der Waals surface area (Å²) in [6, 6.07) is 30.5. The molecule has 4 aliphatic carbocycles. The van der Waals surface area contributed by atoms with Gasteiger partial charge in [-0.15, -0.1) is 0 Å². The molecule has 4 aromatic carbocycles. The first-order valence-electron chi connectivity index (χ1n) is 22.1. The summed E-state index contributed by atoms with van der Waals surface area (Å²) in [6.45, 7) is 18.0. The minimum Gasteiger partial charge on any atom is -0.465 e. The highest BCUT2D eigenvalue weighted by Crippen LogP contribution is 2.74. The molecular weight excluding hydrogens is 825 g/mol. The first-order chi connectivity index (χ1) is 31.2. The highest BCUT2D eigenvalue weighted by molar-refractivity contribution is 6.17. The molecule has 0 N–H and O–H groups in total. The molecule has 2 atom stereocenters. The summed E-state index contributed by atoms with van der Waals surface area (Å²) in [5.74, 6) is -1.71. The van der Waals surface area contributed by atoms with E-state index in [1.165, 1.54) is 28.4 Å². The minimum absolute atomic E-state index is 0.321. The molecule has 8 rings (SSSR count). The van der Waals surface area contributed by atoms with E-state index in [0.29, 0.717) is 22.3 Å². The maximum Gasteiger partial charge on any atom is 0.337 e. The number of carbonyl (C=O) groups is 4. The number of carbonyl (C=O) groups excluding carboxylic acids is 4. The van der Waals surface area contributed by atoms with Gasteiger partial charge in [0.15, 0.2) is 0 Å². The predicted molar refractivity (Wildman–Crippen MR) is 259 cm³/mol. The summed E-state index contributed by atoms with van der Waals surface area (Å²) in [4.78, 5) is 51.5. The lowest BCUT2D eigenvalue weighted by Crippen LogP contribution is -2.51.